The summed E-state index contributed by atoms with van der Waals surface area (Å²) in [5.74, 6) is -0.691. The van der Waals surface area contributed by atoms with Crippen molar-refractivity contribution >= 4 is 51.6 Å². The smallest absolute Gasteiger partial charge is 0.305 e. The number of carbonyl (C=O) groups excluding carboxylic acids is 1. The third-order valence-electron chi connectivity index (χ3n) is 4.52. The van der Waals surface area contributed by atoms with Crippen LogP contribution in [0.2, 0.25) is 5.02 Å². The highest BCUT2D eigenvalue weighted by atomic mass is 35.5. The van der Waals surface area contributed by atoms with Crippen molar-refractivity contribution in [3.8, 4) is 11.8 Å². The van der Waals surface area contributed by atoms with Gasteiger partial charge in [-0.1, -0.05) is 11.6 Å². The van der Waals surface area contributed by atoms with Crippen molar-refractivity contribution in [3.63, 3.8) is 0 Å². The Labute approximate surface area is 203 Å². The molecule has 2 rings (SSSR count). The number of nitrogens with zero attached hydrogens (tertiary/aromatic N) is 5. The molecule has 0 aromatic heterocycles. The van der Waals surface area contributed by atoms with Crippen LogP contribution in [-0.4, -0.2) is 41.1 Å². The number of aliphatic hydroxyl groups excluding tert-OH is 1. The summed E-state index contributed by atoms with van der Waals surface area (Å²) in [7, 11) is 1.37. The van der Waals surface area contributed by atoms with Gasteiger partial charge in [-0.25, -0.2) is 0 Å². The number of carbonyl (C=O) groups is 1. The van der Waals surface area contributed by atoms with E-state index in [0.29, 0.717) is 11.8 Å². The number of hydrogen-bond donors (Lipinski definition) is 3. The van der Waals surface area contributed by atoms with Gasteiger partial charge in [0.2, 0.25) is 5.91 Å². The maximum atomic E-state index is 11.7. The Hall–Kier alpha value is -4.35. The van der Waals surface area contributed by atoms with Crippen LogP contribution in [0, 0.1) is 37.5 Å². The van der Waals surface area contributed by atoms with Gasteiger partial charge < -0.3 is 20.5 Å². The normalized spacial score (nSPS) is 11.5. The first-order valence-electron chi connectivity index (χ1n) is 9.89. The van der Waals surface area contributed by atoms with Crippen LogP contribution in [0.25, 0.3) is 0 Å². The number of aliphatic hydroxyl groups is 1. The van der Waals surface area contributed by atoms with Gasteiger partial charge in [0.05, 0.1) is 51.4 Å². The standard InChI is InChI=1S/C20H20ClN7O7/c1-11(30)24-15-7-17(23-10-12(9-22)3-4-29)19(35-2)8-16(15)25-26-20-14(21)5-13(27(31)32)6-18(20)28(33)34/h5-8,12,23,29H,3-4,10H2,1-2H3,(H,24,30). The molecule has 0 aliphatic rings. The van der Waals surface area contributed by atoms with Crippen molar-refractivity contribution in [2.24, 2.45) is 16.1 Å². The Balaban J connectivity index is 2.54. The topological polar surface area (TPSA) is 205 Å². The lowest BCUT2D eigenvalue weighted by Gasteiger charge is -2.16. The molecule has 0 aliphatic carbocycles. The van der Waals surface area contributed by atoms with E-state index in [4.69, 9.17) is 21.4 Å². The zero-order valence-electron chi connectivity index (χ0n) is 18.5. The monoisotopic (exact) mass is 505 g/mol. The van der Waals surface area contributed by atoms with E-state index in [0.717, 1.165) is 6.07 Å². The lowest BCUT2D eigenvalue weighted by molar-refractivity contribution is -0.393. The average molecular weight is 506 g/mol. The predicted molar refractivity (Wildman–Crippen MR) is 126 cm³/mol. The molecule has 0 fully saturated rings. The molecule has 0 bridgehead atoms. The van der Waals surface area contributed by atoms with Crippen molar-refractivity contribution in [1.29, 1.82) is 5.26 Å². The number of nitrogens with one attached hydrogen (secondary N) is 2. The summed E-state index contributed by atoms with van der Waals surface area (Å²) in [6.45, 7) is 1.27. The molecule has 0 heterocycles. The fourth-order valence-electron chi connectivity index (χ4n) is 2.87. The second kappa shape index (κ2) is 12.2. The zero-order valence-corrected chi connectivity index (χ0v) is 19.3. The fourth-order valence-corrected chi connectivity index (χ4v) is 3.11. The SMILES string of the molecule is COc1cc(N=Nc2c(Cl)cc([N+](=O)[O-])cc2[N+](=O)[O-])c(NC(C)=O)cc1NCC(C#N)CCO. The first kappa shape index (κ1) is 26.9. The van der Waals surface area contributed by atoms with E-state index < -0.39 is 38.7 Å². The number of non-ortho nitro benzene ring substituents is 1. The van der Waals surface area contributed by atoms with Crippen molar-refractivity contribution in [2.75, 3.05) is 30.9 Å². The molecular weight excluding hydrogens is 486 g/mol. The third-order valence-corrected chi connectivity index (χ3v) is 4.81. The molecule has 2 aromatic rings. The maximum Gasteiger partial charge on any atom is 0.305 e. The summed E-state index contributed by atoms with van der Waals surface area (Å²) >= 11 is 6.00. The molecule has 0 radical (unpaired) electrons. The van der Waals surface area contributed by atoms with Crippen LogP contribution in [0.15, 0.2) is 34.5 Å². The zero-order chi connectivity index (χ0) is 26.1. The molecule has 1 unspecified atom stereocenters. The molecule has 0 saturated heterocycles. The second-order valence-corrected chi connectivity index (χ2v) is 7.39. The minimum absolute atomic E-state index is 0.0403. The molecule has 184 valence electrons. The van der Waals surface area contributed by atoms with Crippen LogP contribution in [0.4, 0.5) is 34.1 Å². The Kier molecular flexibility index (Phi) is 9.38. The van der Waals surface area contributed by atoms with Gasteiger partial charge in [0.25, 0.3) is 5.69 Å². The number of nitro groups is 2. The number of rotatable bonds is 11. The van der Waals surface area contributed by atoms with Gasteiger partial charge in [-0.15, -0.1) is 10.2 Å². The Morgan fingerprint density at radius 3 is 2.49 bits per heavy atom. The molecular formula is C20H20ClN7O7. The molecule has 0 saturated carbocycles. The summed E-state index contributed by atoms with van der Waals surface area (Å²) in [4.78, 5) is 32.4. The quantitative estimate of drug-likeness (QED) is 0.223. The number of benzene rings is 2. The number of methoxy groups -OCH3 is 1. The molecule has 3 N–H and O–H groups in total. The molecule has 14 nitrogen and oxygen atoms in total. The van der Waals surface area contributed by atoms with Gasteiger partial charge in [0.15, 0.2) is 5.69 Å². The second-order valence-electron chi connectivity index (χ2n) is 6.98. The van der Waals surface area contributed by atoms with Gasteiger partial charge in [-0.3, -0.25) is 25.0 Å². The summed E-state index contributed by atoms with van der Waals surface area (Å²) in [6.07, 6.45) is 0.255. The third kappa shape index (κ3) is 7.06. The van der Waals surface area contributed by atoms with Crippen LogP contribution >= 0.6 is 11.6 Å². The van der Waals surface area contributed by atoms with Crippen LogP contribution in [0.3, 0.4) is 0 Å². The highest BCUT2D eigenvalue weighted by molar-refractivity contribution is 6.33. The van der Waals surface area contributed by atoms with Crippen molar-refractivity contribution in [1.82, 2.24) is 0 Å². The minimum Gasteiger partial charge on any atom is -0.495 e. The van der Waals surface area contributed by atoms with Gasteiger partial charge in [0.1, 0.15) is 11.4 Å². The lowest BCUT2D eigenvalue weighted by Crippen LogP contribution is -2.15. The highest BCUT2D eigenvalue weighted by Crippen LogP contribution is 2.42. The van der Waals surface area contributed by atoms with E-state index in [1.54, 1.807) is 0 Å². The van der Waals surface area contributed by atoms with Gasteiger partial charge in [-0.05, 0) is 12.5 Å². The summed E-state index contributed by atoms with van der Waals surface area (Å²) in [5, 5.41) is 53.6. The van der Waals surface area contributed by atoms with Crippen molar-refractivity contribution in [3.05, 3.63) is 49.5 Å². The molecule has 35 heavy (non-hydrogen) atoms. The first-order valence-corrected chi connectivity index (χ1v) is 10.3. The van der Waals surface area contributed by atoms with Gasteiger partial charge >= 0.3 is 5.69 Å². The van der Waals surface area contributed by atoms with Crippen LogP contribution in [0.5, 0.6) is 5.75 Å². The fraction of sp³-hybridized carbons (Fsp3) is 0.300. The molecule has 0 aliphatic heterocycles. The maximum absolute atomic E-state index is 11.7. The first-order chi connectivity index (χ1) is 16.6. The Morgan fingerprint density at radius 1 is 1.23 bits per heavy atom. The number of anilines is 2. The molecule has 1 amide bonds. The number of hydrogen-bond acceptors (Lipinski definition) is 11. The van der Waals surface area contributed by atoms with Crippen molar-refractivity contribution in [2.45, 2.75) is 13.3 Å². The molecule has 2 aromatic carbocycles. The van der Waals surface area contributed by atoms with E-state index in [9.17, 15) is 30.3 Å². The Bertz CT molecular complexity index is 1210. The summed E-state index contributed by atoms with van der Waals surface area (Å²) < 4.78 is 5.33. The number of halogens is 1. The summed E-state index contributed by atoms with van der Waals surface area (Å²) in [5.41, 5.74) is -1.15. The predicted octanol–water partition coefficient (Wildman–Crippen LogP) is 4.47. The van der Waals surface area contributed by atoms with E-state index in [1.807, 2.05) is 0 Å². The van der Waals surface area contributed by atoms with Gasteiger partial charge in [0, 0.05) is 32.2 Å². The number of nitro benzene ring substituents is 2. The number of ether oxygens (including phenoxy) is 1. The number of azo groups is 1. The van der Waals surface area contributed by atoms with Crippen molar-refractivity contribution < 1.29 is 24.5 Å². The van der Waals surface area contributed by atoms with E-state index in [2.05, 4.69) is 26.9 Å². The number of amides is 1. The number of nitriles is 1. The molecule has 15 heteroatoms. The van der Waals surface area contributed by atoms with Crippen LogP contribution in [-0.2, 0) is 4.79 Å². The minimum atomic E-state index is -0.881. The average Bonchev–Trinajstić information content (AvgIpc) is 2.80. The molecule has 0 spiro atoms. The Morgan fingerprint density at radius 2 is 1.94 bits per heavy atom. The van der Waals surface area contributed by atoms with Gasteiger partial charge in [-0.2, -0.15) is 5.26 Å². The largest absolute Gasteiger partial charge is 0.495 e. The van der Waals surface area contributed by atoms with E-state index in [1.165, 1.54) is 26.2 Å². The van der Waals surface area contributed by atoms with Crippen LogP contribution < -0.4 is 15.4 Å². The summed E-state index contributed by atoms with van der Waals surface area (Å²) in [6, 6.07) is 6.53. The van der Waals surface area contributed by atoms with E-state index in [-0.39, 0.29) is 41.7 Å². The lowest BCUT2D eigenvalue weighted by atomic mass is 10.1. The van der Waals surface area contributed by atoms with E-state index >= 15 is 0 Å². The molecule has 1 atom stereocenters. The van der Waals surface area contributed by atoms with Crippen LogP contribution in [0.1, 0.15) is 13.3 Å². The highest BCUT2D eigenvalue weighted by Gasteiger charge is 2.24.